The largest absolute Gasteiger partial charge is 0.381 e. The first-order valence-electron chi connectivity index (χ1n) is 6.43. The molecule has 0 amide bonds. The van der Waals surface area contributed by atoms with E-state index in [1.165, 1.54) is 37.8 Å². The van der Waals surface area contributed by atoms with Gasteiger partial charge in [-0.2, -0.15) is 0 Å². The summed E-state index contributed by atoms with van der Waals surface area (Å²) in [5.41, 5.74) is 2.25. The highest BCUT2D eigenvalue weighted by Gasteiger charge is 2.15. The molecule has 1 aromatic rings. The van der Waals surface area contributed by atoms with Crippen LogP contribution in [0.15, 0.2) is 18.3 Å². The van der Waals surface area contributed by atoms with Crippen molar-refractivity contribution in [3.05, 3.63) is 24.0 Å². The van der Waals surface area contributed by atoms with E-state index in [1.54, 1.807) is 0 Å². The monoisotopic (exact) mass is 218 g/mol. The zero-order valence-corrected chi connectivity index (χ0v) is 10.4. The number of nitrogens with zero attached hydrogens (tertiary/aromatic N) is 1. The molecule has 2 unspecified atom stereocenters. The molecule has 2 rings (SSSR count). The lowest BCUT2D eigenvalue weighted by Crippen LogP contribution is -2.18. The summed E-state index contributed by atoms with van der Waals surface area (Å²) in [5, 5.41) is 3.61. The van der Waals surface area contributed by atoms with E-state index in [2.05, 4.69) is 29.4 Å². The van der Waals surface area contributed by atoms with Crippen molar-refractivity contribution in [2.75, 3.05) is 5.32 Å². The Hall–Kier alpha value is -1.05. The fourth-order valence-corrected chi connectivity index (χ4v) is 2.42. The van der Waals surface area contributed by atoms with Crippen LogP contribution in [0, 0.1) is 12.8 Å². The second-order valence-electron chi connectivity index (χ2n) is 5.14. The SMILES string of the molecule is Cc1ccc(NC2CCCC(C)CC2)cn1. The molecule has 0 radical (unpaired) electrons. The summed E-state index contributed by atoms with van der Waals surface area (Å²) in [6, 6.07) is 4.85. The van der Waals surface area contributed by atoms with E-state index in [-0.39, 0.29) is 0 Å². The van der Waals surface area contributed by atoms with E-state index in [0.29, 0.717) is 6.04 Å². The van der Waals surface area contributed by atoms with Crippen molar-refractivity contribution in [1.29, 1.82) is 0 Å². The summed E-state index contributed by atoms with van der Waals surface area (Å²) in [4.78, 5) is 4.32. The van der Waals surface area contributed by atoms with Gasteiger partial charge in [-0.1, -0.05) is 19.8 Å². The van der Waals surface area contributed by atoms with Crippen molar-refractivity contribution in [3.8, 4) is 0 Å². The molecular formula is C14H22N2. The third-order valence-electron chi connectivity index (χ3n) is 3.54. The molecule has 0 saturated heterocycles. The number of pyridine rings is 1. The van der Waals surface area contributed by atoms with Crippen LogP contribution in [0.25, 0.3) is 0 Å². The van der Waals surface area contributed by atoms with Gasteiger partial charge in [0.05, 0.1) is 11.9 Å². The van der Waals surface area contributed by atoms with Gasteiger partial charge in [0.25, 0.3) is 0 Å². The van der Waals surface area contributed by atoms with E-state index in [9.17, 15) is 0 Å². The molecule has 0 aromatic carbocycles. The number of aromatic nitrogens is 1. The average molecular weight is 218 g/mol. The zero-order chi connectivity index (χ0) is 11.4. The molecule has 1 N–H and O–H groups in total. The van der Waals surface area contributed by atoms with Gasteiger partial charge in [0.2, 0.25) is 0 Å². The zero-order valence-electron chi connectivity index (χ0n) is 10.4. The molecule has 2 atom stereocenters. The third-order valence-corrected chi connectivity index (χ3v) is 3.54. The van der Waals surface area contributed by atoms with Gasteiger partial charge >= 0.3 is 0 Å². The van der Waals surface area contributed by atoms with E-state index in [1.807, 2.05) is 13.1 Å². The highest BCUT2D eigenvalue weighted by Crippen LogP contribution is 2.24. The Morgan fingerprint density at radius 1 is 1.19 bits per heavy atom. The van der Waals surface area contributed by atoms with Crippen molar-refractivity contribution in [2.24, 2.45) is 5.92 Å². The molecule has 1 fully saturated rings. The first-order chi connectivity index (χ1) is 7.74. The molecule has 2 nitrogen and oxygen atoms in total. The first-order valence-corrected chi connectivity index (χ1v) is 6.43. The summed E-state index contributed by atoms with van der Waals surface area (Å²) in [6.07, 6.45) is 8.66. The van der Waals surface area contributed by atoms with Gasteiger partial charge in [0, 0.05) is 11.7 Å². The first kappa shape index (κ1) is 11.4. The molecule has 1 aliphatic rings. The van der Waals surface area contributed by atoms with Crippen LogP contribution in [0.3, 0.4) is 0 Å². The van der Waals surface area contributed by atoms with Crippen molar-refractivity contribution in [1.82, 2.24) is 4.98 Å². The number of nitrogens with one attached hydrogen (secondary N) is 1. The maximum Gasteiger partial charge on any atom is 0.0529 e. The Bertz CT molecular complexity index is 318. The van der Waals surface area contributed by atoms with E-state index in [0.717, 1.165) is 11.6 Å². The van der Waals surface area contributed by atoms with Gasteiger partial charge in [-0.05, 0) is 44.2 Å². The van der Waals surface area contributed by atoms with E-state index in [4.69, 9.17) is 0 Å². The van der Waals surface area contributed by atoms with Gasteiger partial charge in [-0.15, -0.1) is 0 Å². The number of rotatable bonds is 2. The normalized spacial score (nSPS) is 26.1. The Balaban J connectivity index is 1.91. The highest BCUT2D eigenvalue weighted by atomic mass is 14.9. The summed E-state index contributed by atoms with van der Waals surface area (Å²) < 4.78 is 0. The van der Waals surface area contributed by atoms with Crippen LogP contribution in [0.5, 0.6) is 0 Å². The number of hydrogen-bond donors (Lipinski definition) is 1. The van der Waals surface area contributed by atoms with Crippen LogP contribution < -0.4 is 5.32 Å². The van der Waals surface area contributed by atoms with Crippen LogP contribution in [-0.4, -0.2) is 11.0 Å². The van der Waals surface area contributed by atoms with Gasteiger partial charge < -0.3 is 5.32 Å². The van der Waals surface area contributed by atoms with Crippen molar-refractivity contribution < 1.29 is 0 Å². The second kappa shape index (κ2) is 5.33. The minimum atomic E-state index is 0.648. The molecule has 1 aromatic heterocycles. The fourth-order valence-electron chi connectivity index (χ4n) is 2.42. The highest BCUT2D eigenvalue weighted by molar-refractivity contribution is 5.41. The molecule has 1 heterocycles. The molecule has 0 aliphatic heterocycles. The average Bonchev–Trinajstić information content (AvgIpc) is 2.47. The molecule has 1 aliphatic carbocycles. The van der Waals surface area contributed by atoms with E-state index >= 15 is 0 Å². The molecule has 16 heavy (non-hydrogen) atoms. The lowest BCUT2D eigenvalue weighted by molar-refractivity contribution is 0.502. The minimum absolute atomic E-state index is 0.648. The van der Waals surface area contributed by atoms with Crippen LogP contribution in [0.4, 0.5) is 5.69 Å². The predicted octanol–water partition coefficient (Wildman–Crippen LogP) is 3.77. The molecular weight excluding hydrogens is 196 g/mol. The smallest absolute Gasteiger partial charge is 0.0529 e. The van der Waals surface area contributed by atoms with Crippen LogP contribution >= 0.6 is 0 Å². The molecule has 2 heteroatoms. The predicted molar refractivity (Wildman–Crippen MR) is 68.6 cm³/mol. The third kappa shape index (κ3) is 3.22. The van der Waals surface area contributed by atoms with Crippen LogP contribution in [-0.2, 0) is 0 Å². The number of hydrogen-bond acceptors (Lipinski definition) is 2. The van der Waals surface area contributed by atoms with Gasteiger partial charge in [0.15, 0.2) is 0 Å². The number of aryl methyl sites for hydroxylation is 1. The Morgan fingerprint density at radius 2 is 2.06 bits per heavy atom. The lowest BCUT2D eigenvalue weighted by Gasteiger charge is -2.17. The van der Waals surface area contributed by atoms with Gasteiger partial charge in [-0.3, -0.25) is 4.98 Å². The topological polar surface area (TPSA) is 24.9 Å². The Kier molecular flexibility index (Phi) is 3.81. The standard InChI is InChI=1S/C14H22N2/c1-11-4-3-5-13(8-6-11)16-14-9-7-12(2)15-10-14/h7,9-11,13,16H,3-6,8H2,1-2H3. The summed E-state index contributed by atoms with van der Waals surface area (Å²) in [7, 11) is 0. The minimum Gasteiger partial charge on any atom is -0.381 e. The molecule has 0 bridgehead atoms. The van der Waals surface area contributed by atoms with Crippen LogP contribution in [0.2, 0.25) is 0 Å². The van der Waals surface area contributed by atoms with E-state index < -0.39 is 0 Å². The Labute approximate surface area is 98.5 Å². The van der Waals surface area contributed by atoms with Crippen molar-refractivity contribution >= 4 is 5.69 Å². The summed E-state index contributed by atoms with van der Waals surface area (Å²) >= 11 is 0. The quantitative estimate of drug-likeness (QED) is 0.764. The molecule has 0 spiro atoms. The molecule has 88 valence electrons. The fraction of sp³-hybridized carbons (Fsp3) is 0.643. The molecule has 1 saturated carbocycles. The Morgan fingerprint density at radius 3 is 2.81 bits per heavy atom. The number of anilines is 1. The maximum atomic E-state index is 4.32. The van der Waals surface area contributed by atoms with Crippen molar-refractivity contribution in [3.63, 3.8) is 0 Å². The van der Waals surface area contributed by atoms with Crippen LogP contribution in [0.1, 0.15) is 44.7 Å². The van der Waals surface area contributed by atoms with Crippen molar-refractivity contribution in [2.45, 2.75) is 52.0 Å². The summed E-state index contributed by atoms with van der Waals surface area (Å²) in [6.45, 7) is 4.40. The maximum absolute atomic E-state index is 4.32. The van der Waals surface area contributed by atoms with Gasteiger partial charge in [-0.25, -0.2) is 0 Å². The lowest BCUT2D eigenvalue weighted by atomic mass is 10.0. The second-order valence-corrected chi connectivity index (χ2v) is 5.14. The van der Waals surface area contributed by atoms with Gasteiger partial charge in [0.1, 0.15) is 0 Å². The summed E-state index contributed by atoms with van der Waals surface area (Å²) in [5.74, 6) is 0.906.